The molecule has 0 saturated carbocycles. The van der Waals surface area contributed by atoms with Crippen LogP contribution in [-0.4, -0.2) is 18.7 Å². The number of rotatable bonds is 8. The number of aryl methyl sites for hydroxylation is 2. The number of para-hydroxylation sites is 2. The third kappa shape index (κ3) is 7.17. The van der Waals surface area contributed by atoms with Gasteiger partial charge in [0, 0.05) is 6.42 Å². The van der Waals surface area contributed by atoms with Crippen LogP contribution in [0.1, 0.15) is 30.4 Å². The molecule has 2 aromatic rings. The van der Waals surface area contributed by atoms with Crippen LogP contribution in [0.25, 0.3) is 0 Å². The van der Waals surface area contributed by atoms with Gasteiger partial charge in [-0.15, -0.1) is 0 Å². The number of amides is 1. The fourth-order valence-corrected chi connectivity index (χ4v) is 2.44. The van der Waals surface area contributed by atoms with E-state index in [9.17, 15) is 18.0 Å². The molecule has 140 valence electrons. The molecule has 1 N–H and O–H groups in total. The van der Waals surface area contributed by atoms with Crippen molar-refractivity contribution in [1.82, 2.24) is 0 Å². The minimum atomic E-state index is -4.42. The molecule has 6 heteroatoms. The highest BCUT2D eigenvalue weighted by atomic mass is 19.4. The molecular weight excluding hydrogens is 343 g/mol. The standard InChI is InChI=1S/C20H22F3NO2/c1-15-10-12-16(13-11-15)6-2-5-9-19(25)24-17-7-3-4-8-18(17)26-14-20(21,22)23/h3-4,7-8,10-13H,2,5-6,9,14H2,1H3,(H,24,25). The van der Waals surface area contributed by atoms with Crippen LogP contribution in [-0.2, 0) is 11.2 Å². The van der Waals surface area contributed by atoms with Gasteiger partial charge in [0.2, 0.25) is 5.91 Å². The summed E-state index contributed by atoms with van der Waals surface area (Å²) in [6, 6.07) is 14.4. The molecule has 0 aliphatic carbocycles. The van der Waals surface area contributed by atoms with Gasteiger partial charge >= 0.3 is 6.18 Å². The summed E-state index contributed by atoms with van der Waals surface area (Å²) in [6.07, 6.45) is -1.67. The number of halogens is 3. The Balaban J connectivity index is 1.77. The Bertz CT molecular complexity index is 712. The highest BCUT2D eigenvalue weighted by molar-refractivity contribution is 5.92. The van der Waals surface area contributed by atoms with Crippen LogP contribution in [0.3, 0.4) is 0 Å². The zero-order chi connectivity index (χ0) is 19.0. The minimum Gasteiger partial charge on any atom is -0.482 e. The summed E-state index contributed by atoms with van der Waals surface area (Å²) < 4.78 is 41.6. The van der Waals surface area contributed by atoms with Crippen LogP contribution in [0, 0.1) is 6.92 Å². The highest BCUT2D eigenvalue weighted by Crippen LogP contribution is 2.26. The lowest BCUT2D eigenvalue weighted by Gasteiger charge is -2.13. The van der Waals surface area contributed by atoms with E-state index in [0.717, 1.165) is 12.8 Å². The van der Waals surface area contributed by atoms with E-state index in [2.05, 4.69) is 29.6 Å². The van der Waals surface area contributed by atoms with Crippen molar-refractivity contribution in [3.63, 3.8) is 0 Å². The van der Waals surface area contributed by atoms with Gasteiger partial charge in [0.15, 0.2) is 6.61 Å². The summed E-state index contributed by atoms with van der Waals surface area (Å²) in [5, 5.41) is 2.62. The number of anilines is 1. The first-order chi connectivity index (χ1) is 12.3. The van der Waals surface area contributed by atoms with E-state index in [-0.39, 0.29) is 17.3 Å². The predicted octanol–water partition coefficient (Wildman–Crippen LogP) is 5.29. The van der Waals surface area contributed by atoms with E-state index < -0.39 is 12.8 Å². The van der Waals surface area contributed by atoms with E-state index in [1.807, 2.05) is 6.92 Å². The van der Waals surface area contributed by atoms with Gasteiger partial charge in [0.25, 0.3) is 0 Å². The molecule has 26 heavy (non-hydrogen) atoms. The summed E-state index contributed by atoms with van der Waals surface area (Å²) in [5.41, 5.74) is 2.68. The Morgan fingerprint density at radius 3 is 2.42 bits per heavy atom. The normalized spacial score (nSPS) is 11.2. The first kappa shape index (κ1) is 19.8. The predicted molar refractivity (Wildman–Crippen MR) is 95.4 cm³/mol. The van der Waals surface area contributed by atoms with Gasteiger partial charge in [-0.25, -0.2) is 0 Å². The van der Waals surface area contributed by atoms with Gasteiger partial charge in [-0.2, -0.15) is 13.2 Å². The van der Waals surface area contributed by atoms with E-state index in [1.165, 1.54) is 23.3 Å². The summed E-state index contributed by atoms with van der Waals surface area (Å²) in [6.45, 7) is 0.640. The molecule has 0 radical (unpaired) electrons. The number of nitrogens with one attached hydrogen (secondary N) is 1. The second-order valence-corrected chi connectivity index (χ2v) is 6.14. The maximum atomic E-state index is 12.3. The molecule has 2 aromatic carbocycles. The van der Waals surface area contributed by atoms with Gasteiger partial charge in [0.05, 0.1) is 5.69 Å². The van der Waals surface area contributed by atoms with Gasteiger partial charge in [-0.1, -0.05) is 42.0 Å². The van der Waals surface area contributed by atoms with E-state index in [1.54, 1.807) is 12.1 Å². The molecule has 0 aliphatic rings. The van der Waals surface area contributed by atoms with Crippen LogP contribution >= 0.6 is 0 Å². The second-order valence-electron chi connectivity index (χ2n) is 6.14. The third-order valence-electron chi connectivity index (χ3n) is 3.79. The molecule has 0 spiro atoms. The van der Waals surface area contributed by atoms with Crippen molar-refractivity contribution in [1.29, 1.82) is 0 Å². The Hall–Kier alpha value is -2.50. The summed E-state index contributed by atoms with van der Waals surface area (Å²) in [5.74, 6) is -0.227. The zero-order valence-corrected chi connectivity index (χ0v) is 14.6. The summed E-state index contributed by atoms with van der Waals surface area (Å²) >= 11 is 0. The molecule has 0 unspecified atom stereocenters. The molecule has 1 amide bonds. The number of carbonyl (C=O) groups excluding carboxylic acids is 1. The average molecular weight is 365 g/mol. The van der Waals surface area contributed by atoms with Crippen molar-refractivity contribution in [2.75, 3.05) is 11.9 Å². The first-order valence-electron chi connectivity index (χ1n) is 8.47. The lowest BCUT2D eigenvalue weighted by Crippen LogP contribution is -2.20. The number of benzene rings is 2. The Morgan fingerprint density at radius 1 is 1.04 bits per heavy atom. The SMILES string of the molecule is Cc1ccc(CCCCC(=O)Nc2ccccc2OCC(F)(F)F)cc1. The van der Waals surface area contributed by atoms with Crippen molar-refractivity contribution < 1.29 is 22.7 Å². The number of unbranched alkanes of at least 4 members (excludes halogenated alkanes) is 1. The highest BCUT2D eigenvalue weighted by Gasteiger charge is 2.28. The fourth-order valence-electron chi connectivity index (χ4n) is 2.44. The quantitative estimate of drug-likeness (QED) is 0.646. The number of carbonyl (C=O) groups is 1. The lowest BCUT2D eigenvalue weighted by molar-refractivity contribution is -0.153. The number of alkyl halides is 3. The van der Waals surface area contributed by atoms with Crippen LogP contribution < -0.4 is 10.1 Å². The maximum Gasteiger partial charge on any atom is 0.422 e. The minimum absolute atomic E-state index is 0.0119. The van der Waals surface area contributed by atoms with Crippen molar-refractivity contribution >= 4 is 11.6 Å². The van der Waals surface area contributed by atoms with Gasteiger partial charge in [0.1, 0.15) is 5.75 Å². The first-order valence-corrected chi connectivity index (χ1v) is 8.47. The van der Waals surface area contributed by atoms with E-state index >= 15 is 0 Å². The van der Waals surface area contributed by atoms with E-state index in [4.69, 9.17) is 4.74 Å². The van der Waals surface area contributed by atoms with Crippen LogP contribution in [0.5, 0.6) is 5.75 Å². The molecule has 3 nitrogen and oxygen atoms in total. The molecule has 0 bridgehead atoms. The fraction of sp³-hybridized carbons (Fsp3) is 0.350. The Morgan fingerprint density at radius 2 is 1.73 bits per heavy atom. The summed E-state index contributed by atoms with van der Waals surface area (Å²) in [4.78, 5) is 12.0. The van der Waals surface area contributed by atoms with Crippen molar-refractivity contribution in [3.05, 3.63) is 59.7 Å². The monoisotopic (exact) mass is 365 g/mol. The molecule has 0 aliphatic heterocycles. The largest absolute Gasteiger partial charge is 0.482 e. The van der Waals surface area contributed by atoms with E-state index in [0.29, 0.717) is 12.8 Å². The number of hydrogen-bond donors (Lipinski definition) is 1. The van der Waals surface area contributed by atoms with Crippen molar-refractivity contribution in [3.8, 4) is 5.75 Å². The van der Waals surface area contributed by atoms with Gasteiger partial charge in [-0.3, -0.25) is 4.79 Å². The Labute approximate surface area is 151 Å². The van der Waals surface area contributed by atoms with Crippen LogP contribution in [0.4, 0.5) is 18.9 Å². The smallest absolute Gasteiger partial charge is 0.422 e. The topological polar surface area (TPSA) is 38.3 Å². The molecule has 0 aromatic heterocycles. The Kier molecular flexibility index (Phi) is 7.06. The average Bonchev–Trinajstić information content (AvgIpc) is 2.59. The molecular formula is C20H22F3NO2. The van der Waals surface area contributed by atoms with Gasteiger partial charge in [-0.05, 0) is 43.9 Å². The van der Waals surface area contributed by atoms with Crippen molar-refractivity contribution in [2.45, 2.75) is 38.8 Å². The molecule has 2 rings (SSSR count). The number of hydrogen-bond acceptors (Lipinski definition) is 2. The molecule has 0 heterocycles. The second kappa shape index (κ2) is 9.27. The summed E-state index contributed by atoms with van der Waals surface area (Å²) in [7, 11) is 0. The zero-order valence-electron chi connectivity index (χ0n) is 14.6. The van der Waals surface area contributed by atoms with Crippen LogP contribution in [0.15, 0.2) is 48.5 Å². The lowest BCUT2D eigenvalue weighted by atomic mass is 10.1. The third-order valence-corrected chi connectivity index (χ3v) is 3.79. The van der Waals surface area contributed by atoms with Gasteiger partial charge < -0.3 is 10.1 Å². The maximum absolute atomic E-state index is 12.3. The van der Waals surface area contributed by atoms with Crippen LogP contribution in [0.2, 0.25) is 0 Å². The molecule has 0 saturated heterocycles. The molecule has 0 atom stereocenters. The number of ether oxygens (including phenoxy) is 1. The van der Waals surface area contributed by atoms with Crippen molar-refractivity contribution in [2.24, 2.45) is 0 Å². The molecule has 0 fully saturated rings.